The fourth-order valence-electron chi connectivity index (χ4n) is 3.44. The molecule has 0 radical (unpaired) electrons. The number of hydrogen-bond acceptors (Lipinski definition) is 4. The largest absolute Gasteiger partial charge is 0.357 e. The Hall–Kier alpha value is -1.80. The molecular weight excluding hydrogens is 374 g/mol. The number of rotatable bonds is 9. The Balaban J connectivity index is 1.88. The van der Waals surface area contributed by atoms with Crippen LogP contribution in [-0.2, 0) is 16.6 Å². The number of piperidine rings is 1. The molecule has 0 spiro atoms. The maximum atomic E-state index is 11.5. The molecular formula is C20H35N5O2S. The Kier molecular flexibility index (Phi) is 9.05. The van der Waals surface area contributed by atoms with Gasteiger partial charge in [-0.2, -0.15) is 0 Å². The highest BCUT2D eigenvalue weighted by Crippen LogP contribution is 2.17. The summed E-state index contributed by atoms with van der Waals surface area (Å²) in [7, 11) is -3.32. The van der Waals surface area contributed by atoms with Crippen LogP contribution >= 0.6 is 0 Å². The lowest BCUT2D eigenvalue weighted by molar-refractivity contribution is 0.159. The van der Waals surface area contributed by atoms with Crippen molar-refractivity contribution in [2.24, 2.45) is 4.99 Å². The van der Waals surface area contributed by atoms with E-state index in [4.69, 9.17) is 0 Å². The second kappa shape index (κ2) is 11.3. The van der Waals surface area contributed by atoms with Gasteiger partial charge in [0.25, 0.3) is 0 Å². The first-order valence-electron chi connectivity index (χ1n) is 10.2. The molecule has 158 valence electrons. The molecule has 7 nitrogen and oxygen atoms in total. The van der Waals surface area contributed by atoms with E-state index in [0.29, 0.717) is 18.3 Å². The summed E-state index contributed by atoms with van der Waals surface area (Å²) in [5, 5.41) is 6.64. The summed E-state index contributed by atoms with van der Waals surface area (Å²) in [5.74, 6) is 0.753. The number of nitrogens with zero attached hydrogens (tertiary/aromatic N) is 2. The third-order valence-electron chi connectivity index (χ3n) is 4.92. The fourth-order valence-corrected chi connectivity index (χ4v) is 4.04. The summed E-state index contributed by atoms with van der Waals surface area (Å²) in [4.78, 5) is 7.19. The summed E-state index contributed by atoms with van der Waals surface area (Å²) >= 11 is 0. The average molecular weight is 410 g/mol. The standard InChI is InChI=1S/C20H35N5O2S/c1-4-21-20(22-13-9-15-25-14-8-7-10-17(25)2)23-16-18-11-5-6-12-19(18)24-28(3,26)27/h5-6,11-12,17,24H,4,7-10,13-16H2,1-3H3,(H2,21,22,23). The van der Waals surface area contributed by atoms with Crippen LogP contribution in [0.25, 0.3) is 0 Å². The van der Waals surface area contributed by atoms with E-state index in [0.717, 1.165) is 43.8 Å². The van der Waals surface area contributed by atoms with E-state index in [-0.39, 0.29) is 0 Å². The number of benzene rings is 1. The predicted octanol–water partition coefficient (Wildman–Crippen LogP) is 2.38. The first-order valence-corrected chi connectivity index (χ1v) is 12.1. The van der Waals surface area contributed by atoms with Crippen molar-refractivity contribution in [3.05, 3.63) is 29.8 Å². The molecule has 1 heterocycles. The van der Waals surface area contributed by atoms with Crippen LogP contribution in [0.3, 0.4) is 0 Å². The zero-order chi connectivity index (χ0) is 20.4. The normalized spacial score (nSPS) is 18.7. The van der Waals surface area contributed by atoms with Gasteiger partial charge in [0.1, 0.15) is 0 Å². The molecule has 0 amide bonds. The van der Waals surface area contributed by atoms with Crippen molar-refractivity contribution >= 4 is 21.7 Å². The van der Waals surface area contributed by atoms with Gasteiger partial charge in [0.05, 0.1) is 18.5 Å². The Morgan fingerprint density at radius 2 is 2.04 bits per heavy atom. The molecule has 1 aliphatic rings. The molecule has 3 N–H and O–H groups in total. The number of guanidine groups is 1. The summed E-state index contributed by atoms with van der Waals surface area (Å²) in [6.45, 7) is 8.70. The first kappa shape index (κ1) is 22.5. The first-order chi connectivity index (χ1) is 13.4. The summed E-state index contributed by atoms with van der Waals surface area (Å²) in [5.41, 5.74) is 1.41. The van der Waals surface area contributed by atoms with Gasteiger partial charge in [0, 0.05) is 25.7 Å². The van der Waals surface area contributed by atoms with E-state index in [9.17, 15) is 8.42 Å². The summed E-state index contributed by atoms with van der Waals surface area (Å²) in [6.07, 6.45) is 6.19. The number of aliphatic imine (C=N–C) groups is 1. The second-order valence-electron chi connectivity index (χ2n) is 7.39. The SMILES string of the molecule is CCNC(=NCc1ccccc1NS(C)(=O)=O)NCCCN1CCCCC1C. The van der Waals surface area contributed by atoms with Gasteiger partial charge in [0.15, 0.2) is 5.96 Å². The second-order valence-corrected chi connectivity index (χ2v) is 9.14. The third kappa shape index (κ3) is 8.06. The Labute approximate surface area is 170 Å². The van der Waals surface area contributed by atoms with Gasteiger partial charge in [-0.1, -0.05) is 24.6 Å². The van der Waals surface area contributed by atoms with Crippen LogP contribution < -0.4 is 15.4 Å². The van der Waals surface area contributed by atoms with Crippen molar-refractivity contribution in [3.8, 4) is 0 Å². The zero-order valence-electron chi connectivity index (χ0n) is 17.4. The van der Waals surface area contributed by atoms with Gasteiger partial charge in [-0.05, 0) is 51.3 Å². The van der Waals surface area contributed by atoms with E-state index in [2.05, 4.69) is 32.2 Å². The lowest BCUT2D eigenvalue weighted by Gasteiger charge is -2.33. The smallest absolute Gasteiger partial charge is 0.229 e. The fraction of sp³-hybridized carbons (Fsp3) is 0.650. The highest BCUT2D eigenvalue weighted by atomic mass is 32.2. The summed E-state index contributed by atoms with van der Waals surface area (Å²) in [6, 6.07) is 8.03. The van der Waals surface area contributed by atoms with Gasteiger partial charge >= 0.3 is 0 Å². The minimum atomic E-state index is -3.32. The molecule has 1 saturated heterocycles. The van der Waals surface area contributed by atoms with Gasteiger partial charge in [-0.15, -0.1) is 0 Å². The van der Waals surface area contributed by atoms with Crippen molar-refractivity contribution in [2.45, 2.75) is 52.1 Å². The molecule has 0 aromatic heterocycles. The van der Waals surface area contributed by atoms with E-state index in [1.54, 1.807) is 6.07 Å². The molecule has 8 heteroatoms. The van der Waals surface area contributed by atoms with Crippen molar-refractivity contribution in [3.63, 3.8) is 0 Å². The van der Waals surface area contributed by atoms with Crippen molar-refractivity contribution in [1.29, 1.82) is 0 Å². The summed E-state index contributed by atoms with van der Waals surface area (Å²) < 4.78 is 25.6. The van der Waals surface area contributed by atoms with Gasteiger partial charge in [-0.25, -0.2) is 13.4 Å². The van der Waals surface area contributed by atoms with Gasteiger partial charge < -0.3 is 15.5 Å². The minimum absolute atomic E-state index is 0.400. The van der Waals surface area contributed by atoms with E-state index < -0.39 is 10.0 Å². The lowest BCUT2D eigenvalue weighted by Crippen LogP contribution is -2.41. The highest BCUT2D eigenvalue weighted by molar-refractivity contribution is 7.92. The quantitative estimate of drug-likeness (QED) is 0.331. The molecule has 1 aliphatic heterocycles. The highest BCUT2D eigenvalue weighted by Gasteiger charge is 2.17. The molecule has 1 unspecified atom stereocenters. The van der Waals surface area contributed by atoms with Crippen molar-refractivity contribution < 1.29 is 8.42 Å². The van der Waals surface area contributed by atoms with Crippen LogP contribution in [0, 0.1) is 0 Å². The van der Waals surface area contributed by atoms with Crippen LogP contribution in [0.4, 0.5) is 5.69 Å². The Morgan fingerprint density at radius 1 is 1.25 bits per heavy atom. The third-order valence-corrected chi connectivity index (χ3v) is 5.51. The number of anilines is 1. The van der Waals surface area contributed by atoms with Crippen LogP contribution in [-0.4, -0.2) is 57.8 Å². The number of para-hydroxylation sites is 1. The Bertz CT molecular complexity index is 736. The van der Waals surface area contributed by atoms with Crippen LogP contribution in [0.1, 0.15) is 45.1 Å². The average Bonchev–Trinajstić information content (AvgIpc) is 2.64. The molecule has 28 heavy (non-hydrogen) atoms. The van der Waals surface area contributed by atoms with Gasteiger partial charge in [0.2, 0.25) is 10.0 Å². The maximum Gasteiger partial charge on any atom is 0.229 e. The minimum Gasteiger partial charge on any atom is -0.357 e. The number of nitrogens with one attached hydrogen (secondary N) is 3. The number of hydrogen-bond donors (Lipinski definition) is 3. The molecule has 1 aromatic rings. The lowest BCUT2D eigenvalue weighted by atomic mass is 10.0. The predicted molar refractivity (Wildman–Crippen MR) is 117 cm³/mol. The van der Waals surface area contributed by atoms with Gasteiger partial charge in [-0.3, -0.25) is 4.72 Å². The van der Waals surface area contributed by atoms with E-state index in [1.165, 1.54) is 25.8 Å². The topological polar surface area (TPSA) is 85.8 Å². The monoisotopic (exact) mass is 409 g/mol. The number of likely N-dealkylation sites (tertiary alicyclic amines) is 1. The van der Waals surface area contributed by atoms with Crippen molar-refractivity contribution in [2.75, 3.05) is 37.2 Å². The van der Waals surface area contributed by atoms with E-state index in [1.807, 2.05) is 25.1 Å². The zero-order valence-corrected chi connectivity index (χ0v) is 18.2. The van der Waals surface area contributed by atoms with E-state index >= 15 is 0 Å². The molecule has 1 atom stereocenters. The molecule has 1 aromatic carbocycles. The molecule has 1 fully saturated rings. The number of sulfonamides is 1. The molecule has 0 saturated carbocycles. The van der Waals surface area contributed by atoms with Crippen LogP contribution in [0.15, 0.2) is 29.3 Å². The molecule has 2 rings (SSSR count). The maximum absolute atomic E-state index is 11.5. The Morgan fingerprint density at radius 3 is 2.75 bits per heavy atom. The van der Waals surface area contributed by atoms with Crippen LogP contribution in [0.5, 0.6) is 0 Å². The molecule has 0 bridgehead atoms. The molecule has 0 aliphatic carbocycles. The van der Waals surface area contributed by atoms with Crippen molar-refractivity contribution in [1.82, 2.24) is 15.5 Å². The van der Waals surface area contributed by atoms with Crippen LogP contribution in [0.2, 0.25) is 0 Å².